The minimum atomic E-state index is -0.488. The standard InChI is InChI=1S/C23H13Cl2N3O4S/c24-14-7-5-12(9-15(14)25)16-8-6-13(31-16)10-20-22(29)28-23(33-20)26-21(27-28)19-11-30-17-3-1-2-4-18(17)32-19/h1-10,19H,11H2. The van der Waals surface area contributed by atoms with Crippen molar-refractivity contribution in [3.63, 3.8) is 0 Å². The second-order valence-corrected chi connectivity index (χ2v) is 9.10. The number of thiazole rings is 1. The average Bonchev–Trinajstić information content (AvgIpc) is 3.53. The summed E-state index contributed by atoms with van der Waals surface area (Å²) in [6, 6.07) is 16.2. The third kappa shape index (κ3) is 3.66. The molecule has 0 aliphatic carbocycles. The van der Waals surface area contributed by atoms with Gasteiger partial charge in [-0.15, -0.1) is 5.10 Å². The lowest BCUT2D eigenvalue weighted by atomic mass is 10.2. The maximum absolute atomic E-state index is 12.9. The van der Waals surface area contributed by atoms with Crippen LogP contribution in [-0.2, 0) is 0 Å². The van der Waals surface area contributed by atoms with Crippen molar-refractivity contribution in [2.45, 2.75) is 6.10 Å². The van der Waals surface area contributed by atoms with E-state index in [2.05, 4.69) is 10.1 Å². The van der Waals surface area contributed by atoms with E-state index < -0.39 is 6.10 Å². The van der Waals surface area contributed by atoms with Crippen molar-refractivity contribution in [1.29, 1.82) is 0 Å². The van der Waals surface area contributed by atoms with Crippen LogP contribution >= 0.6 is 34.5 Å². The number of aromatic nitrogens is 3. The molecular weight excluding hydrogens is 485 g/mol. The fourth-order valence-electron chi connectivity index (χ4n) is 3.50. The number of nitrogens with zero attached hydrogens (tertiary/aromatic N) is 3. The molecule has 0 amide bonds. The maximum atomic E-state index is 12.9. The zero-order chi connectivity index (χ0) is 22.5. The van der Waals surface area contributed by atoms with Gasteiger partial charge in [0, 0.05) is 11.6 Å². The van der Waals surface area contributed by atoms with Crippen LogP contribution in [0.3, 0.4) is 0 Å². The molecule has 1 unspecified atom stereocenters. The minimum Gasteiger partial charge on any atom is -0.485 e. The summed E-state index contributed by atoms with van der Waals surface area (Å²) < 4.78 is 19.3. The second kappa shape index (κ2) is 7.91. The molecule has 3 aromatic heterocycles. The highest BCUT2D eigenvalue weighted by Crippen LogP contribution is 2.35. The van der Waals surface area contributed by atoms with E-state index >= 15 is 0 Å². The summed E-state index contributed by atoms with van der Waals surface area (Å²) in [6.45, 7) is 0.270. The van der Waals surface area contributed by atoms with Crippen LogP contribution in [0.5, 0.6) is 11.5 Å². The smallest absolute Gasteiger partial charge is 0.291 e. The van der Waals surface area contributed by atoms with Crippen molar-refractivity contribution in [1.82, 2.24) is 14.6 Å². The van der Waals surface area contributed by atoms with Crippen LogP contribution in [0.2, 0.25) is 10.0 Å². The minimum absolute atomic E-state index is 0.270. The topological polar surface area (TPSA) is 78.9 Å². The quantitative estimate of drug-likeness (QED) is 0.357. The van der Waals surface area contributed by atoms with Crippen molar-refractivity contribution in [2.24, 2.45) is 0 Å². The highest BCUT2D eigenvalue weighted by molar-refractivity contribution is 7.15. The van der Waals surface area contributed by atoms with Crippen LogP contribution in [0.4, 0.5) is 0 Å². The average molecular weight is 498 g/mol. The number of rotatable bonds is 3. The van der Waals surface area contributed by atoms with Gasteiger partial charge in [0.25, 0.3) is 5.56 Å². The third-order valence-corrected chi connectivity index (χ3v) is 6.80. The molecule has 0 bridgehead atoms. The van der Waals surface area contributed by atoms with Gasteiger partial charge < -0.3 is 13.9 Å². The maximum Gasteiger partial charge on any atom is 0.291 e. The van der Waals surface area contributed by atoms with E-state index in [1.165, 1.54) is 15.9 Å². The lowest BCUT2D eigenvalue weighted by Crippen LogP contribution is -2.26. The molecule has 1 aliphatic rings. The largest absolute Gasteiger partial charge is 0.485 e. The van der Waals surface area contributed by atoms with E-state index in [0.29, 0.717) is 48.4 Å². The van der Waals surface area contributed by atoms with Crippen LogP contribution < -0.4 is 19.6 Å². The van der Waals surface area contributed by atoms with Gasteiger partial charge in [-0.1, -0.05) is 46.7 Å². The summed E-state index contributed by atoms with van der Waals surface area (Å²) in [6.07, 6.45) is 1.18. The number of benzene rings is 2. The van der Waals surface area contributed by atoms with Gasteiger partial charge in [-0.3, -0.25) is 4.79 Å². The molecule has 6 rings (SSSR count). The molecular formula is C23H13Cl2N3O4S. The van der Waals surface area contributed by atoms with Gasteiger partial charge in [-0.25, -0.2) is 0 Å². The van der Waals surface area contributed by atoms with Gasteiger partial charge in [-0.05, 0) is 42.5 Å². The summed E-state index contributed by atoms with van der Waals surface area (Å²) in [5.41, 5.74) is 0.508. The summed E-state index contributed by atoms with van der Waals surface area (Å²) in [7, 11) is 0. The molecule has 0 saturated carbocycles. The summed E-state index contributed by atoms with van der Waals surface area (Å²) in [5, 5.41) is 5.27. The molecule has 0 saturated heterocycles. The molecule has 7 nitrogen and oxygen atoms in total. The Morgan fingerprint density at radius 2 is 1.91 bits per heavy atom. The summed E-state index contributed by atoms with van der Waals surface area (Å²) in [5.74, 6) is 2.84. The number of fused-ring (bicyclic) bond motifs is 2. The SMILES string of the molecule is O=c1c(=Cc2ccc(-c3ccc(Cl)c(Cl)c3)o2)sc2nc(C3COc4ccccc4O3)nn12. The van der Waals surface area contributed by atoms with Crippen LogP contribution in [0.25, 0.3) is 22.4 Å². The van der Waals surface area contributed by atoms with Crippen molar-refractivity contribution in [3.05, 3.63) is 91.1 Å². The van der Waals surface area contributed by atoms with Crippen LogP contribution in [0.15, 0.2) is 63.8 Å². The number of furan rings is 1. The lowest BCUT2D eigenvalue weighted by Gasteiger charge is -2.24. The van der Waals surface area contributed by atoms with E-state index in [4.69, 9.17) is 37.1 Å². The van der Waals surface area contributed by atoms with Crippen molar-refractivity contribution in [2.75, 3.05) is 6.61 Å². The van der Waals surface area contributed by atoms with Gasteiger partial charge in [0.2, 0.25) is 4.96 Å². The van der Waals surface area contributed by atoms with Crippen molar-refractivity contribution >= 4 is 45.6 Å². The zero-order valence-corrected chi connectivity index (χ0v) is 19.0. The van der Waals surface area contributed by atoms with Gasteiger partial charge in [0.15, 0.2) is 23.4 Å². The first-order valence-corrected chi connectivity index (χ1v) is 11.5. The van der Waals surface area contributed by atoms with E-state index in [1.807, 2.05) is 36.4 Å². The molecule has 33 heavy (non-hydrogen) atoms. The Labute approximate surface area is 200 Å². The molecule has 164 valence electrons. The van der Waals surface area contributed by atoms with Crippen molar-refractivity contribution < 1.29 is 13.9 Å². The molecule has 2 aromatic carbocycles. The normalized spacial score (nSPS) is 15.9. The number of ether oxygens (including phenoxy) is 2. The Hall–Kier alpha value is -3.33. The molecule has 10 heteroatoms. The predicted molar refractivity (Wildman–Crippen MR) is 125 cm³/mol. The Kier molecular flexibility index (Phi) is 4.86. The number of hydrogen-bond acceptors (Lipinski definition) is 7. The number of para-hydroxylation sites is 2. The molecule has 0 spiro atoms. The molecule has 0 fully saturated rings. The molecule has 0 radical (unpaired) electrons. The molecule has 1 aliphatic heterocycles. The fourth-order valence-corrected chi connectivity index (χ4v) is 4.69. The zero-order valence-electron chi connectivity index (χ0n) is 16.7. The van der Waals surface area contributed by atoms with Gasteiger partial charge in [-0.2, -0.15) is 9.50 Å². The van der Waals surface area contributed by atoms with E-state index in [0.717, 1.165) is 5.56 Å². The Morgan fingerprint density at radius 3 is 2.73 bits per heavy atom. The molecule has 0 N–H and O–H groups in total. The third-order valence-electron chi connectivity index (χ3n) is 5.10. The first-order valence-electron chi connectivity index (χ1n) is 9.90. The first-order chi connectivity index (χ1) is 16.0. The first kappa shape index (κ1) is 20.3. The number of hydrogen-bond donors (Lipinski definition) is 0. The Balaban J connectivity index is 1.30. The van der Waals surface area contributed by atoms with Gasteiger partial charge >= 0.3 is 0 Å². The van der Waals surface area contributed by atoms with Crippen molar-refractivity contribution in [3.8, 4) is 22.8 Å². The fraction of sp³-hybridized carbons (Fsp3) is 0.0870. The van der Waals surface area contributed by atoms with Gasteiger partial charge in [0.1, 0.15) is 22.7 Å². The summed E-state index contributed by atoms with van der Waals surface area (Å²) >= 11 is 13.3. The van der Waals surface area contributed by atoms with Crippen LogP contribution in [-0.4, -0.2) is 21.2 Å². The number of halogens is 2. The second-order valence-electron chi connectivity index (χ2n) is 7.28. The monoisotopic (exact) mass is 497 g/mol. The lowest BCUT2D eigenvalue weighted by molar-refractivity contribution is 0.0852. The Morgan fingerprint density at radius 1 is 1.06 bits per heavy atom. The van der Waals surface area contributed by atoms with Crippen LogP contribution in [0, 0.1) is 0 Å². The molecule has 1 atom stereocenters. The highest BCUT2D eigenvalue weighted by Gasteiger charge is 2.27. The summed E-state index contributed by atoms with van der Waals surface area (Å²) in [4.78, 5) is 17.8. The Bertz CT molecular complexity index is 1620. The predicted octanol–water partition coefficient (Wildman–Crippen LogP) is 4.78. The molecule has 5 aromatic rings. The van der Waals surface area contributed by atoms with E-state index in [9.17, 15) is 4.79 Å². The molecule has 4 heterocycles. The highest BCUT2D eigenvalue weighted by atomic mass is 35.5. The van der Waals surface area contributed by atoms with Crippen LogP contribution in [0.1, 0.15) is 17.7 Å². The van der Waals surface area contributed by atoms with E-state index in [-0.39, 0.29) is 12.2 Å². The van der Waals surface area contributed by atoms with E-state index in [1.54, 1.807) is 24.3 Å². The van der Waals surface area contributed by atoms with Gasteiger partial charge in [0.05, 0.1) is 10.0 Å².